The lowest BCUT2D eigenvalue weighted by Crippen LogP contribution is -2.14. The van der Waals surface area contributed by atoms with Gasteiger partial charge in [0.1, 0.15) is 5.82 Å². The highest BCUT2D eigenvalue weighted by molar-refractivity contribution is 5.62. The molecule has 0 saturated heterocycles. The minimum absolute atomic E-state index is 0.377. The van der Waals surface area contributed by atoms with Crippen molar-refractivity contribution in [1.29, 1.82) is 0 Å². The molecule has 2 aromatic heterocycles. The van der Waals surface area contributed by atoms with Crippen molar-refractivity contribution >= 4 is 17.2 Å². The Balaban J connectivity index is 1.47. The Morgan fingerprint density at radius 3 is 2.68 bits per heavy atom. The summed E-state index contributed by atoms with van der Waals surface area (Å²) in [5.41, 5.74) is 6.20. The van der Waals surface area contributed by atoms with Crippen LogP contribution in [0.15, 0.2) is 55.0 Å². The number of rotatable bonds is 7. The molecule has 0 amide bonds. The van der Waals surface area contributed by atoms with Crippen LogP contribution in [-0.2, 0) is 6.42 Å². The molecule has 6 heteroatoms. The van der Waals surface area contributed by atoms with Crippen LogP contribution in [0.1, 0.15) is 60.6 Å². The van der Waals surface area contributed by atoms with E-state index in [2.05, 4.69) is 71.4 Å². The molecule has 1 aliphatic carbocycles. The van der Waals surface area contributed by atoms with Crippen molar-refractivity contribution in [3.05, 3.63) is 77.2 Å². The van der Waals surface area contributed by atoms with Gasteiger partial charge in [-0.15, -0.1) is 0 Å². The number of pyridine rings is 2. The lowest BCUT2D eigenvalue weighted by Gasteiger charge is -2.21. The summed E-state index contributed by atoms with van der Waals surface area (Å²) in [4.78, 5) is 10.9. The minimum atomic E-state index is -1.51. The molecule has 4 rings (SSSR count). The van der Waals surface area contributed by atoms with Crippen molar-refractivity contribution in [2.24, 2.45) is 0 Å². The summed E-state index contributed by atoms with van der Waals surface area (Å²) in [6, 6.07) is 12.5. The van der Waals surface area contributed by atoms with Gasteiger partial charge in [0, 0.05) is 43.2 Å². The molecule has 0 radical (unpaired) electrons. The van der Waals surface area contributed by atoms with E-state index in [1.54, 1.807) is 18.5 Å². The number of aliphatic hydroxyl groups excluding tert-OH is 1. The van der Waals surface area contributed by atoms with Crippen LogP contribution in [-0.4, -0.2) is 33.8 Å². The van der Waals surface area contributed by atoms with Crippen molar-refractivity contribution in [3.8, 4) is 0 Å². The van der Waals surface area contributed by atoms with Crippen LogP contribution in [0, 0.1) is 0 Å². The Bertz CT molecular complexity index is 1030. The maximum absolute atomic E-state index is 9.55. The van der Waals surface area contributed by atoms with Gasteiger partial charge in [0.2, 0.25) is 0 Å². The van der Waals surface area contributed by atoms with Gasteiger partial charge in [0.05, 0.1) is 11.9 Å². The van der Waals surface area contributed by atoms with Crippen molar-refractivity contribution in [1.82, 2.24) is 9.97 Å². The SMILES string of the molecule is CC(C)c1ccc(N(C)c2ccc3c(c2)CC[C@H]3CNc2cnccc2C(O)O)nc1. The predicted octanol–water partition coefficient (Wildman–Crippen LogP) is 4.49. The summed E-state index contributed by atoms with van der Waals surface area (Å²) >= 11 is 0. The first kappa shape index (κ1) is 21.3. The van der Waals surface area contributed by atoms with E-state index in [0.717, 1.165) is 30.9 Å². The number of hydrogen-bond donors (Lipinski definition) is 3. The first-order chi connectivity index (χ1) is 14.9. The van der Waals surface area contributed by atoms with Crippen LogP contribution >= 0.6 is 0 Å². The third-order valence-electron chi connectivity index (χ3n) is 6.17. The van der Waals surface area contributed by atoms with Crippen molar-refractivity contribution in [2.45, 2.75) is 44.8 Å². The number of aryl methyl sites for hydroxylation is 1. The second-order valence-corrected chi connectivity index (χ2v) is 8.50. The van der Waals surface area contributed by atoms with Gasteiger partial charge in [-0.3, -0.25) is 4.98 Å². The number of benzene rings is 1. The van der Waals surface area contributed by atoms with E-state index < -0.39 is 6.29 Å². The molecule has 6 nitrogen and oxygen atoms in total. The van der Waals surface area contributed by atoms with Gasteiger partial charge in [-0.1, -0.05) is 26.0 Å². The Kier molecular flexibility index (Phi) is 6.20. The zero-order chi connectivity index (χ0) is 22.0. The smallest absolute Gasteiger partial charge is 0.180 e. The van der Waals surface area contributed by atoms with Gasteiger partial charge < -0.3 is 20.4 Å². The molecule has 1 atom stereocenters. The van der Waals surface area contributed by atoms with Crippen LogP contribution in [0.25, 0.3) is 0 Å². The molecule has 1 aromatic carbocycles. The maximum atomic E-state index is 9.55. The second kappa shape index (κ2) is 9.04. The highest BCUT2D eigenvalue weighted by Gasteiger charge is 2.24. The Morgan fingerprint density at radius 2 is 1.97 bits per heavy atom. The molecule has 0 fully saturated rings. The number of aromatic nitrogens is 2. The fourth-order valence-corrected chi connectivity index (χ4v) is 4.19. The normalized spacial score (nSPS) is 15.4. The van der Waals surface area contributed by atoms with Crippen molar-refractivity contribution < 1.29 is 10.2 Å². The van der Waals surface area contributed by atoms with Gasteiger partial charge in [-0.2, -0.15) is 0 Å². The van der Waals surface area contributed by atoms with E-state index in [-0.39, 0.29) is 0 Å². The predicted molar refractivity (Wildman–Crippen MR) is 124 cm³/mol. The molecule has 0 spiro atoms. The third-order valence-corrected chi connectivity index (χ3v) is 6.17. The van der Waals surface area contributed by atoms with E-state index >= 15 is 0 Å². The van der Waals surface area contributed by atoms with Gasteiger partial charge in [0.25, 0.3) is 0 Å². The Hall–Kier alpha value is -2.96. The molecule has 3 aromatic rings. The molecule has 0 unspecified atom stereocenters. The summed E-state index contributed by atoms with van der Waals surface area (Å²) in [6.45, 7) is 5.08. The fraction of sp³-hybridized carbons (Fsp3) is 0.360. The van der Waals surface area contributed by atoms with Crippen molar-refractivity contribution in [2.75, 3.05) is 23.8 Å². The summed E-state index contributed by atoms with van der Waals surface area (Å²) in [5.74, 6) is 1.79. The van der Waals surface area contributed by atoms with Gasteiger partial charge >= 0.3 is 0 Å². The maximum Gasteiger partial charge on any atom is 0.180 e. The average molecular weight is 419 g/mol. The van der Waals surface area contributed by atoms with Gasteiger partial charge in [-0.25, -0.2) is 4.98 Å². The molecule has 162 valence electrons. The van der Waals surface area contributed by atoms with Crippen LogP contribution in [0.3, 0.4) is 0 Å². The van der Waals surface area contributed by atoms with Gasteiger partial charge in [-0.05, 0) is 59.7 Å². The monoisotopic (exact) mass is 418 g/mol. The minimum Gasteiger partial charge on any atom is -0.383 e. The average Bonchev–Trinajstić information content (AvgIpc) is 3.19. The van der Waals surface area contributed by atoms with E-state index in [4.69, 9.17) is 0 Å². The molecule has 0 aliphatic heterocycles. The third kappa shape index (κ3) is 4.55. The highest BCUT2D eigenvalue weighted by Crippen LogP contribution is 2.37. The number of aliphatic hydroxyl groups is 2. The zero-order valence-electron chi connectivity index (χ0n) is 18.3. The molecular weight excluding hydrogens is 388 g/mol. The summed E-state index contributed by atoms with van der Waals surface area (Å²) in [5, 5.41) is 22.5. The molecule has 1 aliphatic rings. The van der Waals surface area contributed by atoms with Crippen LogP contribution in [0.4, 0.5) is 17.2 Å². The Labute approximate surface area is 183 Å². The van der Waals surface area contributed by atoms with Crippen LogP contribution in [0.2, 0.25) is 0 Å². The summed E-state index contributed by atoms with van der Waals surface area (Å²) < 4.78 is 0. The van der Waals surface area contributed by atoms with Crippen LogP contribution < -0.4 is 10.2 Å². The number of hydrogen-bond acceptors (Lipinski definition) is 6. The highest BCUT2D eigenvalue weighted by atomic mass is 16.5. The topological polar surface area (TPSA) is 81.5 Å². The van der Waals surface area contributed by atoms with Crippen molar-refractivity contribution in [3.63, 3.8) is 0 Å². The van der Waals surface area contributed by atoms with Crippen LogP contribution in [0.5, 0.6) is 0 Å². The molecule has 2 heterocycles. The largest absolute Gasteiger partial charge is 0.383 e. The molecule has 0 bridgehead atoms. The first-order valence-corrected chi connectivity index (χ1v) is 10.8. The molecular formula is C25H30N4O2. The zero-order valence-corrected chi connectivity index (χ0v) is 18.3. The number of nitrogens with one attached hydrogen (secondary N) is 1. The molecule has 3 N–H and O–H groups in total. The summed E-state index contributed by atoms with van der Waals surface area (Å²) in [7, 11) is 2.05. The number of anilines is 3. The molecule has 31 heavy (non-hydrogen) atoms. The number of nitrogens with zero attached hydrogens (tertiary/aromatic N) is 3. The second-order valence-electron chi connectivity index (χ2n) is 8.50. The van der Waals surface area contributed by atoms with E-state index in [1.165, 1.54) is 16.7 Å². The standard InChI is InChI=1S/C25H30N4O2/c1-16(2)18-6-9-24(28-13-18)29(3)20-7-8-21-17(12-20)4-5-19(21)14-27-23-15-26-11-10-22(23)25(30)31/h6-13,15-16,19,25,27,30-31H,4-5,14H2,1-3H3/t19-/m0/s1. The lowest BCUT2D eigenvalue weighted by atomic mass is 10.0. The molecule has 0 saturated carbocycles. The van der Waals surface area contributed by atoms with E-state index in [0.29, 0.717) is 23.1 Å². The van der Waals surface area contributed by atoms with E-state index in [1.807, 2.05) is 6.20 Å². The summed E-state index contributed by atoms with van der Waals surface area (Å²) in [6.07, 6.45) is 5.75. The number of fused-ring (bicyclic) bond motifs is 1. The fourth-order valence-electron chi connectivity index (χ4n) is 4.19. The Morgan fingerprint density at radius 1 is 1.13 bits per heavy atom. The lowest BCUT2D eigenvalue weighted by molar-refractivity contribution is -0.0419. The first-order valence-electron chi connectivity index (χ1n) is 10.8. The quantitative estimate of drug-likeness (QED) is 0.491. The van der Waals surface area contributed by atoms with Gasteiger partial charge in [0.15, 0.2) is 6.29 Å². The van der Waals surface area contributed by atoms with E-state index in [9.17, 15) is 10.2 Å².